The largest absolute Gasteiger partial charge is 0.463 e. The lowest BCUT2D eigenvalue weighted by Crippen LogP contribution is -2.22. The van der Waals surface area contributed by atoms with E-state index in [2.05, 4.69) is 15.0 Å². The van der Waals surface area contributed by atoms with Crippen molar-refractivity contribution in [3.8, 4) is 0 Å². The summed E-state index contributed by atoms with van der Waals surface area (Å²) in [6, 6.07) is 0. The summed E-state index contributed by atoms with van der Waals surface area (Å²) in [7, 11) is 0. The molecule has 0 fully saturated rings. The molecule has 0 spiro atoms. The second kappa shape index (κ2) is 13.6. The van der Waals surface area contributed by atoms with E-state index in [1.807, 2.05) is 0 Å². The lowest BCUT2D eigenvalue weighted by atomic mass is 10.1. The summed E-state index contributed by atoms with van der Waals surface area (Å²) >= 11 is 1.56. The number of halogens is 1. The Morgan fingerprint density at radius 1 is 1.05 bits per heavy atom. The molecule has 1 amide bonds. The number of carbonyl (C=O) groups excluding carboxylic acids is 2. The van der Waals surface area contributed by atoms with E-state index in [-0.39, 0.29) is 12.1 Å². The standard InChI is InChI=1S/C13H22INO4/c1-2-12(16)18-11-9-7-5-3-4-6-8-10-15-13(17)19-14/h2H,1,3-11H2,(H,15,17). The van der Waals surface area contributed by atoms with Crippen LogP contribution >= 0.6 is 23.0 Å². The summed E-state index contributed by atoms with van der Waals surface area (Å²) in [6.45, 7) is 4.48. The molecule has 1 N–H and O–H groups in total. The van der Waals surface area contributed by atoms with Crippen LogP contribution in [0, 0.1) is 0 Å². The van der Waals surface area contributed by atoms with Crippen LogP contribution in [0.4, 0.5) is 4.79 Å². The first kappa shape index (κ1) is 18.2. The fraction of sp³-hybridized carbons (Fsp3) is 0.692. The summed E-state index contributed by atoms with van der Waals surface area (Å²) in [5.41, 5.74) is 0. The van der Waals surface area contributed by atoms with Gasteiger partial charge >= 0.3 is 12.1 Å². The number of unbranched alkanes of at least 4 members (excludes halogenated alkanes) is 6. The average Bonchev–Trinajstić information content (AvgIpc) is 2.43. The van der Waals surface area contributed by atoms with E-state index >= 15 is 0 Å². The van der Waals surface area contributed by atoms with Gasteiger partial charge in [-0.15, -0.1) is 0 Å². The smallest absolute Gasteiger partial charge is 0.416 e. The van der Waals surface area contributed by atoms with Crippen LogP contribution in [0.3, 0.4) is 0 Å². The highest BCUT2D eigenvalue weighted by Crippen LogP contribution is 2.07. The van der Waals surface area contributed by atoms with E-state index in [4.69, 9.17) is 4.74 Å². The van der Waals surface area contributed by atoms with Crippen LogP contribution in [0.1, 0.15) is 44.9 Å². The Morgan fingerprint density at radius 3 is 2.21 bits per heavy atom. The van der Waals surface area contributed by atoms with Gasteiger partial charge in [-0.05, 0) is 12.8 Å². The van der Waals surface area contributed by atoms with E-state index in [1.165, 1.54) is 12.5 Å². The molecule has 0 rings (SSSR count). The maximum atomic E-state index is 10.7. The van der Waals surface area contributed by atoms with Crippen molar-refractivity contribution in [2.24, 2.45) is 0 Å². The van der Waals surface area contributed by atoms with Crippen molar-refractivity contribution in [1.29, 1.82) is 0 Å². The summed E-state index contributed by atoms with van der Waals surface area (Å²) in [6.07, 6.45) is 8.34. The molecule has 0 unspecified atom stereocenters. The first-order valence-electron chi connectivity index (χ1n) is 6.56. The molecule has 0 bridgehead atoms. The van der Waals surface area contributed by atoms with Crippen molar-refractivity contribution in [3.63, 3.8) is 0 Å². The van der Waals surface area contributed by atoms with Crippen LogP contribution in [0.2, 0.25) is 0 Å². The molecule has 0 radical (unpaired) electrons. The predicted octanol–water partition coefficient (Wildman–Crippen LogP) is 3.52. The van der Waals surface area contributed by atoms with E-state index < -0.39 is 0 Å². The molecule has 0 aliphatic rings. The molecule has 0 aromatic heterocycles. The van der Waals surface area contributed by atoms with Gasteiger partial charge in [-0.3, -0.25) is 0 Å². The maximum Gasteiger partial charge on any atom is 0.416 e. The average molecular weight is 383 g/mol. The maximum absolute atomic E-state index is 10.7. The van der Waals surface area contributed by atoms with E-state index in [1.54, 1.807) is 23.0 Å². The zero-order valence-corrected chi connectivity index (χ0v) is 13.3. The molecule has 0 atom stereocenters. The molecule has 0 aromatic carbocycles. The third kappa shape index (κ3) is 13.4. The number of hydrogen-bond donors (Lipinski definition) is 1. The molecular weight excluding hydrogens is 361 g/mol. The third-order valence-corrected chi connectivity index (χ3v) is 2.97. The van der Waals surface area contributed by atoms with Crippen molar-refractivity contribution in [2.75, 3.05) is 13.2 Å². The lowest BCUT2D eigenvalue weighted by molar-refractivity contribution is -0.137. The number of hydrogen-bond acceptors (Lipinski definition) is 4. The monoisotopic (exact) mass is 383 g/mol. The van der Waals surface area contributed by atoms with Gasteiger partial charge < -0.3 is 13.1 Å². The molecule has 0 heterocycles. The van der Waals surface area contributed by atoms with E-state index in [0.717, 1.165) is 38.5 Å². The molecule has 0 aliphatic heterocycles. The third-order valence-electron chi connectivity index (χ3n) is 2.57. The first-order valence-corrected chi connectivity index (χ1v) is 7.44. The second-order valence-electron chi connectivity index (χ2n) is 4.14. The number of ether oxygens (including phenoxy) is 1. The van der Waals surface area contributed by atoms with Crippen LogP contribution in [0.15, 0.2) is 12.7 Å². The lowest BCUT2D eigenvalue weighted by Gasteiger charge is -2.04. The Hall–Kier alpha value is -0.790. The minimum atomic E-state index is -0.380. The van der Waals surface area contributed by atoms with Gasteiger partial charge in [0.1, 0.15) is 0 Å². The summed E-state index contributed by atoms with van der Waals surface area (Å²) in [5, 5.41) is 2.64. The van der Waals surface area contributed by atoms with Crippen LogP contribution in [0.25, 0.3) is 0 Å². The molecule has 5 nitrogen and oxygen atoms in total. The van der Waals surface area contributed by atoms with Crippen molar-refractivity contribution in [1.82, 2.24) is 5.32 Å². The fourth-order valence-electron chi connectivity index (χ4n) is 1.56. The van der Waals surface area contributed by atoms with Gasteiger partial charge in [-0.1, -0.05) is 38.7 Å². The molecule has 0 saturated heterocycles. The van der Waals surface area contributed by atoms with Crippen LogP contribution in [-0.4, -0.2) is 25.2 Å². The summed E-state index contributed by atoms with van der Waals surface area (Å²) < 4.78 is 9.31. The van der Waals surface area contributed by atoms with Crippen molar-refractivity contribution in [3.05, 3.63) is 12.7 Å². The molecule has 0 saturated carbocycles. The van der Waals surface area contributed by atoms with Crippen molar-refractivity contribution >= 4 is 35.1 Å². The molecule has 19 heavy (non-hydrogen) atoms. The Morgan fingerprint density at radius 2 is 1.63 bits per heavy atom. The SMILES string of the molecule is C=CC(=O)OCCCCCCCCCNC(=O)OI. The van der Waals surface area contributed by atoms with Gasteiger partial charge in [0.15, 0.2) is 23.0 Å². The van der Waals surface area contributed by atoms with Crippen molar-refractivity contribution in [2.45, 2.75) is 44.9 Å². The fourth-order valence-corrected chi connectivity index (χ4v) is 1.72. The Bertz CT molecular complexity index is 271. The molecule has 0 aliphatic carbocycles. The Kier molecular flexibility index (Phi) is 13.1. The topological polar surface area (TPSA) is 64.6 Å². The minimum Gasteiger partial charge on any atom is -0.463 e. The predicted molar refractivity (Wildman–Crippen MR) is 82.0 cm³/mol. The zero-order valence-electron chi connectivity index (χ0n) is 11.2. The second-order valence-corrected chi connectivity index (χ2v) is 4.58. The van der Waals surface area contributed by atoms with Crippen LogP contribution < -0.4 is 5.32 Å². The normalized spacial score (nSPS) is 9.74. The number of rotatable bonds is 11. The molecule has 6 heteroatoms. The van der Waals surface area contributed by atoms with Gasteiger partial charge in [0.05, 0.1) is 6.61 Å². The minimum absolute atomic E-state index is 0.350. The van der Waals surface area contributed by atoms with Gasteiger partial charge in [0.25, 0.3) is 0 Å². The van der Waals surface area contributed by atoms with Crippen LogP contribution in [0.5, 0.6) is 0 Å². The van der Waals surface area contributed by atoms with Gasteiger partial charge in [0.2, 0.25) is 0 Å². The highest BCUT2D eigenvalue weighted by molar-refractivity contribution is 14.1. The van der Waals surface area contributed by atoms with Gasteiger partial charge in [-0.2, -0.15) is 0 Å². The highest BCUT2D eigenvalue weighted by atomic mass is 127. The van der Waals surface area contributed by atoms with Gasteiger partial charge in [0, 0.05) is 12.6 Å². The molecule has 110 valence electrons. The first-order chi connectivity index (χ1) is 9.20. The molecule has 0 aromatic rings. The highest BCUT2D eigenvalue weighted by Gasteiger charge is 1.98. The Balaban J connectivity index is 3.09. The van der Waals surface area contributed by atoms with Crippen molar-refractivity contribution < 1.29 is 17.4 Å². The van der Waals surface area contributed by atoms with Gasteiger partial charge in [-0.25, -0.2) is 9.59 Å². The summed E-state index contributed by atoms with van der Waals surface area (Å²) in [5.74, 6) is -0.350. The zero-order chi connectivity index (χ0) is 14.3. The quantitative estimate of drug-likeness (QED) is 0.257. The van der Waals surface area contributed by atoms with E-state index in [0.29, 0.717) is 13.2 Å². The van der Waals surface area contributed by atoms with Crippen LogP contribution in [-0.2, 0) is 12.6 Å². The number of carbonyl (C=O) groups is 2. The Labute approximate surface area is 128 Å². The summed E-state index contributed by atoms with van der Waals surface area (Å²) in [4.78, 5) is 21.5. The number of nitrogens with one attached hydrogen (secondary N) is 1. The number of esters is 1. The number of amides is 1. The molecular formula is C13H22INO4. The van der Waals surface area contributed by atoms with E-state index in [9.17, 15) is 9.59 Å².